The molecule has 1 heterocycles. The summed E-state index contributed by atoms with van der Waals surface area (Å²) in [4.78, 5) is 14.1. The molecule has 28 heavy (non-hydrogen) atoms. The molecule has 0 bridgehead atoms. The van der Waals surface area contributed by atoms with E-state index in [1.807, 2.05) is 4.90 Å². The van der Waals surface area contributed by atoms with Crippen LogP contribution < -0.4 is 10.0 Å². The highest BCUT2D eigenvalue weighted by Crippen LogP contribution is 2.22. The van der Waals surface area contributed by atoms with E-state index in [4.69, 9.17) is 23.2 Å². The molecule has 1 fully saturated rings. The molecule has 1 aliphatic heterocycles. The van der Waals surface area contributed by atoms with E-state index in [9.17, 15) is 26.4 Å². The van der Waals surface area contributed by atoms with Crippen LogP contribution in [-0.4, -0.2) is 57.5 Å². The zero-order valence-electron chi connectivity index (χ0n) is 14.7. The van der Waals surface area contributed by atoms with Gasteiger partial charge in [-0.05, 0) is 50.0 Å². The third-order valence-electron chi connectivity index (χ3n) is 4.41. The fraction of sp³-hybridized carbons (Fsp3) is 0.562. The summed E-state index contributed by atoms with van der Waals surface area (Å²) in [5, 5.41) is 3.56. The molecule has 0 unspecified atom stereocenters. The summed E-state index contributed by atoms with van der Waals surface area (Å²) in [6.07, 6.45) is 1.48. The number of nitrogens with one attached hydrogen (secondary N) is 2. The maximum absolute atomic E-state index is 12.3. The minimum absolute atomic E-state index is 0.190. The standard InChI is InChI=1S/C16H20Cl2F3N3O3S/c17-13-7-12(8-14(18)9-13)15(25)22-10-11-1-4-24(5-2-11)6-3-23-28(26,27)16(19,20)21/h7-9,11,23H,1-6,10H2,(H,22,25). The monoisotopic (exact) mass is 461 g/mol. The zero-order valence-corrected chi connectivity index (χ0v) is 17.1. The van der Waals surface area contributed by atoms with E-state index in [1.165, 1.54) is 18.2 Å². The number of sulfonamides is 1. The van der Waals surface area contributed by atoms with Gasteiger partial charge in [-0.3, -0.25) is 4.79 Å². The van der Waals surface area contributed by atoms with Crippen molar-refractivity contribution in [3.63, 3.8) is 0 Å². The molecule has 0 saturated carbocycles. The van der Waals surface area contributed by atoms with Crippen molar-refractivity contribution in [2.45, 2.75) is 18.3 Å². The summed E-state index contributed by atoms with van der Waals surface area (Å²) < 4.78 is 60.2. The number of piperidine rings is 1. The summed E-state index contributed by atoms with van der Waals surface area (Å²) in [5.74, 6) is -0.0601. The fourth-order valence-electron chi connectivity index (χ4n) is 2.86. The minimum Gasteiger partial charge on any atom is -0.352 e. The molecular weight excluding hydrogens is 442 g/mol. The van der Waals surface area contributed by atoms with Crippen molar-refractivity contribution in [1.82, 2.24) is 14.9 Å². The smallest absolute Gasteiger partial charge is 0.352 e. The lowest BCUT2D eigenvalue weighted by Gasteiger charge is -2.32. The normalized spacial score (nSPS) is 16.9. The number of likely N-dealkylation sites (tertiary alicyclic amines) is 1. The second-order valence-electron chi connectivity index (χ2n) is 6.50. The highest BCUT2D eigenvalue weighted by atomic mass is 35.5. The van der Waals surface area contributed by atoms with Crippen LogP contribution in [-0.2, 0) is 10.0 Å². The lowest BCUT2D eigenvalue weighted by Crippen LogP contribution is -2.44. The summed E-state index contributed by atoms with van der Waals surface area (Å²) in [6.45, 7) is 1.56. The highest BCUT2D eigenvalue weighted by Gasteiger charge is 2.45. The van der Waals surface area contributed by atoms with Gasteiger partial charge in [0, 0.05) is 35.2 Å². The molecule has 158 valence electrons. The number of alkyl halides is 3. The molecule has 0 radical (unpaired) electrons. The van der Waals surface area contributed by atoms with Gasteiger partial charge in [0.15, 0.2) is 0 Å². The average Bonchev–Trinajstić information content (AvgIpc) is 2.59. The first-order chi connectivity index (χ1) is 13.0. The number of amides is 1. The van der Waals surface area contributed by atoms with Crippen molar-refractivity contribution < 1.29 is 26.4 Å². The number of hydrogen-bond donors (Lipinski definition) is 2. The summed E-state index contributed by atoms with van der Waals surface area (Å²) in [7, 11) is -5.30. The Morgan fingerprint density at radius 1 is 1.14 bits per heavy atom. The Labute approximate surface area is 171 Å². The summed E-state index contributed by atoms with van der Waals surface area (Å²) in [6, 6.07) is 4.57. The van der Waals surface area contributed by atoms with Gasteiger partial charge in [0.25, 0.3) is 5.91 Å². The Morgan fingerprint density at radius 2 is 1.71 bits per heavy atom. The van der Waals surface area contributed by atoms with Gasteiger partial charge in [-0.2, -0.15) is 13.2 Å². The minimum atomic E-state index is -5.30. The van der Waals surface area contributed by atoms with Gasteiger partial charge in [0.1, 0.15) is 0 Å². The van der Waals surface area contributed by atoms with Crippen LogP contribution in [0, 0.1) is 5.92 Å². The molecule has 6 nitrogen and oxygen atoms in total. The Kier molecular flexibility index (Phi) is 7.97. The number of halogens is 5. The summed E-state index contributed by atoms with van der Waals surface area (Å²) >= 11 is 11.8. The van der Waals surface area contributed by atoms with E-state index in [0.29, 0.717) is 35.2 Å². The molecule has 1 aliphatic rings. The molecule has 0 aliphatic carbocycles. The first-order valence-corrected chi connectivity index (χ1v) is 10.7. The Morgan fingerprint density at radius 3 is 2.25 bits per heavy atom. The van der Waals surface area contributed by atoms with Crippen LogP contribution >= 0.6 is 23.2 Å². The summed E-state index contributed by atoms with van der Waals surface area (Å²) in [5.41, 5.74) is -4.93. The lowest BCUT2D eigenvalue weighted by molar-refractivity contribution is -0.0448. The van der Waals surface area contributed by atoms with E-state index in [0.717, 1.165) is 12.8 Å². The number of nitrogens with zero attached hydrogens (tertiary/aromatic N) is 1. The van der Waals surface area contributed by atoms with Gasteiger partial charge < -0.3 is 10.2 Å². The van der Waals surface area contributed by atoms with Crippen molar-refractivity contribution in [1.29, 1.82) is 0 Å². The predicted molar refractivity (Wildman–Crippen MR) is 101 cm³/mol. The molecule has 1 amide bonds. The van der Waals surface area contributed by atoms with Gasteiger partial charge in [0.05, 0.1) is 0 Å². The van der Waals surface area contributed by atoms with Crippen molar-refractivity contribution in [2.75, 3.05) is 32.7 Å². The van der Waals surface area contributed by atoms with Crippen molar-refractivity contribution >= 4 is 39.1 Å². The first kappa shape index (κ1) is 23.2. The molecule has 2 N–H and O–H groups in total. The molecule has 1 aromatic carbocycles. The number of carbonyl (C=O) groups is 1. The van der Waals surface area contributed by atoms with Crippen molar-refractivity contribution in [2.24, 2.45) is 5.92 Å². The Balaban J connectivity index is 1.70. The predicted octanol–water partition coefficient (Wildman–Crippen LogP) is 2.87. The van der Waals surface area contributed by atoms with Crippen LogP contribution in [0.4, 0.5) is 13.2 Å². The quantitative estimate of drug-likeness (QED) is 0.654. The molecule has 12 heteroatoms. The second kappa shape index (κ2) is 9.62. The molecule has 1 saturated heterocycles. The number of hydrogen-bond acceptors (Lipinski definition) is 4. The average molecular weight is 462 g/mol. The fourth-order valence-corrected chi connectivity index (χ4v) is 3.91. The van der Waals surface area contributed by atoms with E-state index in [1.54, 1.807) is 4.72 Å². The van der Waals surface area contributed by atoms with Gasteiger partial charge >= 0.3 is 15.5 Å². The van der Waals surface area contributed by atoms with E-state index in [2.05, 4.69) is 5.32 Å². The van der Waals surface area contributed by atoms with E-state index < -0.39 is 15.5 Å². The Hall–Kier alpha value is -1.07. The lowest BCUT2D eigenvalue weighted by atomic mass is 9.96. The van der Waals surface area contributed by atoms with Gasteiger partial charge in [-0.1, -0.05) is 23.2 Å². The van der Waals surface area contributed by atoms with Crippen LogP contribution in [0.1, 0.15) is 23.2 Å². The third kappa shape index (κ3) is 6.77. The van der Waals surface area contributed by atoms with E-state index >= 15 is 0 Å². The first-order valence-electron chi connectivity index (χ1n) is 8.50. The third-order valence-corrected chi connectivity index (χ3v) is 6.04. The number of benzene rings is 1. The van der Waals surface area contributed by atoms with Crippen LogP contribution in [0.5, 0.6) is 0 Å². The maximum Gasteiger partial charge on any atom is 0.511 e. The van der Waals surface area contributed by atoms with Crippen molar-refractivity contribution in [3.05, 3.63) is 33.8 Å². The molecule has 0 spiro atoms. The zero-order chi connectivity index (χ0) is 20.9. The van der Waals surface area contributed by atoms with Crippen LogP contribution in [0.15, 0.2) is 18.2 Å². The largest absolute Gasteiger partial charge is 0.511 e. The van der Waals surface area contributed by atoms with Gasteiger partial charge in [-0.15, -0.1) is 0 Å². The molecule has 2 rings (SSSR count). The van der Waals surface area contributed by atoms with Crippen molar-refractivity contribution in [3.8, 4) is 0 Å². The second-order valence-corrected chi connectivity index (χ2v) is 9.13. The van der Waals surface area contributed by atoms with E-state index in [-0.39, 0.29) is 24.9 Å². The molecular formula is C16H20Cl2F3N3O3S. The van der Waals surface area contributed by atoms with Crippen LogP contribution in [0.25, 0.3) is 0 Å². The molecule has 1 aromatic rings. The number of rotatable bonds is 7. The highest BCUT2D eigenvalue weighted by molar-refractivity contribution is 7.90. The van der Waals surface area contributed by atoms with Crippen LogP contribution in [0.3, 0.4) is 0 Å². The maximum atomic E-state index is 12.3. The SMILES string of the molecule is O=C(NCC1CCN(CCNS(=O)(=O)C(F)(F)F)CC1)c1cc(Cl)cc(Cl)c1. The van der Waals surface area contributed by atoms with Gasteiger partial charge in [0.2, 0.25) is 0 Å². The number of carbonyl (C=O) groups excluding carboxylic acids is 1. The van der Waals surface area contributed by atoms with Crippen LogP contribution in [0.2, 0.25) is 10.0 Å². The van der Waals surface area contributed by atoms with Gasteiger partial charge in [-0.25, -0.2) is 13.1 Å². The Bertz CT molecular complexity index is 778. The molecule has 0 atom stereocenters. The topological polar surface area (TPSA) is 78.5 Å². The molecule has 0 aromatic heterocycles.